The summed E-state index contributed by atoms with van der Waals surface area (Å²) < 4.78 is 12.5. The minimum absolute atomic E-state index is 0.0263. The molecule has 0 amide bonds. The molecule has 0 aliphatic rings. The van der Waals surface area contributed by atoms with Crippen LogP contribution in [0, 0.1) is 17.1 Å². The molecule has 0 saturated carbocycles. The van der Waals surface area contributed by atoms with E-state index in [1.165, 1.54) is 12.1 Å². The van der Waals surface area contributed by atoms with Crippen LogP contribution < -0.4 is 0 Å². The summed E-state index contributed by atoms with van der Waals surface area (Å²) >= 11 is 0. The maximum atomic E-state index is 12.5. The SMILES string of the molecule is N#Cc1cc(F)ccc1N=C=O. The lowest BCUT2D eigenvalue weighted by atomic mass is 10.2. The monoisotopic (exact) mass is 162 g/mol. The normalized spacial score (nSPS) is 8.33. The molecule has 12 heavy (non-hydrogen) atoms. The third-order valence-electron chi connectivity index (χ3n) is 1.25. The van der Waals surface area contributed by atoms with E-state index in [1.54, 1.807) is 6.07 Å². The summed E-state index contributed by atoms with van der Waals surface area (Å²) in [5.41, 5.74) is 0.159. The zero-order chi connectivity index (χ0) is 8.97. The van der Waals surface area contributed by atoms with Crippen LogP contribution in [0.4, 0.5) is 10.1 Å². The lowest BCUT2D eigenvalue weighted by molar-refractivity contribution is 0.565. The molecule has 3 nitrogen and oxygen atoms in total. The summed E-state index contributed by atoms with van der Waals surface area (Å²) in [6.07, 6.45) is 1.28. The number of hydrogen-bond donors (Lipinski definition) is 0. The summed E-state index contributed by atoms with van der Waals surface area (Å²) in [5, 5.41) is 8.46. The van der Waals surface area contributed by atoms with Crippen LogP contribution in [0.2, 0.25) is 0 Å². The summed E-state index contributed by atoms with van der Waals surface area (Å²) in [5.74, 6) is -0.531. The van der Waals surface area contributed by atoms with E-state index in [-0.39, 0.29) is 11.3 Å². The summed E-state index contributed by atoms with van der Waals surface area (Å²) in [4.78, 5) is 13.1. The Hall–Kier alpha value is -1.98. The summed E-state index contributed by atoms with van der Waals surface area (Å²) in [7, 11) is 0. The topological polar surface area (TPSA) is 53.2 Å². The van der Waals surface area contributed by atoms with Gasteiger partial charge in [0.15, 0.2) is 0 Å². The molecule has 4 heteroatoms. The predicted molar refractivity (Wildman–Crippen MR) is 38.9 cm³/mol. The molecule has 0 bridgehead atoms. The van der Waals surface area contributed by atoms with Crippen LogP contribution >= 0.6 is 0 Å². The number of halogens is 1. The van der Waals surface area contributed by atoms with E-state index in [9.17, 15) is 9.18 Å². The van der Waals surface area contributed by atoms with Crippen molar-refractivity contribution in [3.05, 3.63) is 29.6 Å². The van der Waals surface area contributed by atoms with Crippen molar-refractivity contribution >= 4 is 11.8 Å². The molecule has 0 saturated heterocycles. The fourth-order valence-corrected chi connectivity index (χ4v) is 0.744. The van der Waals surface area contributed by atoms with Crippen molar-refractivity contribution in [2.24, 2.45) is 4.99 Å². The molecule has 0 N–H and O–H groups in total. The molecule has 58 valence electrons. The van der Waals surface area contributed by atoms with E-state index in [1.807, 2.05) is 0 Å². The smallest absolute Gasteiger partial charge is 0.211 e. The molecule has 0 fully saturated rings. The first-order valence-corrected chi connectivity index (χ1v) is 3.05. The van der Waals surface area contributed by atoms with Gasteiger partial charge in [0.2, 0.25) is 6.08 Å². The molecule has 0 radical (unpaired) electrons. The highest BCUT2D eigenvalue weighted by Crippen LogP contribution is 2.18. The van der Waals surface area contributed by atoms with Crippen LogP contribution in [0.15, 0.2) is 23.2 Å². The molecule has 0 heterocycles. The van der Waals surface area contributed by atoms with Gasteiger partial charge in [0.1, 0.15) is 11.9 Å². The van der Waals surface area contributed by atoms with Gasteiger partial charge in [0.25, 0.3) is 0 Å². The fraction of sp³-hybridized carbons (Fsp3) is 0. The zero-order valence-corrected chi connectivity index (χ0v) is 5.91. The minimum Gasteiger partial charge on any atom is -0.211 e. The molecule has 0 aromatic heterocycles. The van der Waals surface area contributed by atoms with Gasteiger partial charge < -0.3 is 0 Å². The second kappa shape index (κ2) is 3.42. The number of benzene rings is 1. The first kappa shape index (κ1) is 8.12. The average Bonchev–Trinajstić information content (AvgIpc) is 2.08. The molecular weight excluding hydrogens is 159 g/mol. The highest BCUT2D eigenvalue weighted by atomic mass is 19.1. The van der Waals surface area contributed by atoms with Crippen LogP contribution in [0.1, 0.15) is 5.56 Å². The molecule has 1 aromatic rings. The maximum absolute atomic E-state index is 12.5. The molecule has 0 aliphatic carbocycles. The Bertz CT molecular complexity index is 389. The largest absolute Gasteiger partial charge is 0.240 e. The average molecular weight is 162 g/mol. The number of nitriles is 1. The number of aliphatic imine (C=N–C) groups is 1. The molecule has 0 atom stereocenters. The van der Waals surface area contributed by atoms with Crippen molar-refractivity contribution < 1.29 is 9.18 Å². The molecule has 1 aromatic carbocycles. The van der Waals surface area contributed by atoms with Gasteiger partial charge in [-0.1, -0.05) is 0 Å². The number of hydrogen-bond acceptors (Lipinski definition) is 3. The maximum Gasteiger partial charge on any atom is 0.240 e. The number of carbonyl (C=O) groups excluding carboxylic acids is 1. The third kappa shape index (κ3) is 1.54. The zero-order valence-electron chi connectivity index (χ0n) is 5.91. The Kier molecular flexibility index (Phi) is 2.32. The molecule has 0 unspecified atom stereocenters. The highest BCUT2D eigenvalue weighted by molar-refractivity contribution is 5.58. The number of nitrogens with zero attached hydrogens (tertiary/aromatic N) is 2. The quantitative estimate of drug-likeness (QED) is 0.465. The number of isocyanates is 1. The third-order valence-corrected chi connectivity index (χ3v) is 1.25. The van der Waals surface area contributed by atoms with Crippen LogP contribution in [-0.4, -0.2) is 6.08 Å². The lowest BCUT2D eigenvalue weighted by Gasteiger charge is -1.93. The first-order chi connectivity index (χ1) is 5.77. The van der Waals surface area contributed by atoms with Gasteiger partial charge in [-0.3, -0.25) is 0 Å². The van der Waals surface area contributed by atoms with Crippen molar-refractivity contribution in [2.45, 2.75) is 0 Å². The highest BCUT2D eigenvalue weighted by Gasteiger charge is 2.01. The van der Waals surface area contributed by atoms with Gasteiger partial charge in [0, 0.05) is 0 Å². The molecule has 1 rings (SSSR count). The van der Waals surface area contributed by atoms with E-state index < -0.39 is 5.82 Å². The summed E-state index contributed by atoms with van der Waals surface area (Å²) in [6, 6.07) is 5.09. The Labute approximate surface area is 67.8 Å². The van der Waals surface area contributed by atoms with Crippen molar-refractivity contribution in [1.82, 2.24) is 0 Å². The van der Waals surface area contributed by atoms with Gasteiger partial charge in [-0.05, 0) is 18.2 Å². The second-order valence-corrected chi connectivity index (χ2v) is 1.98. The molecular formula is C8H3FN2O. The Morgan fingerprint density at radius 3 is 2.83 bits per heavy atom. The van der Waals surface area contributed by atoms with Crippen LogP contribution in [0.25, 0.3) is 0 Å². The van der Waals surface area contributed by atoms with Gasteiger partial charge in [-0.25, -0.2) is 9.18 Å². The summed E-state index contributed by atoms with van der Waals surface area (Å²) in [6.45, 7) is 0. The van der Waals surface area contributed by atoms with Crippen LogP contribution in [0.3, 0.4) is 0 Å². The van der Waals surface area contributed by atoms with E-state index in [2.05, 4.69) is 4.99 Å². The van der Waals surface area contributed by atoms with Crippen molar-refractivity contribution in [3.63, 3.8) is 0 Å². The Balaban J connectivity index is 3.31. The van der Waals surface area contributed by atoms with Gasteiger partial charge >= 0.3 is 0 Å². The van der Waals surface area contributed by atoms with Crippen molar-refractivity contribution in [2.75, 3.05) is 0 Å². The minimum atomic E-state index is -0.531. The standard InChI is InChI=1S/C8H3FN2O/c9-7-1-2-8(11-5-12)6(3-7)4-10/h1-3H. The second-order valence-electron chi connectivity index (χ2n) is 1.98. The van der Waals surface area contributed by atoms with E-state index >= 15 is 0 Å². The number of rotatable bonds is 1. The molecule has 0 aliphatic heterocycles. The van der Waals surface area contributed by atoms with Gasteiger partial charge in [-0.2, -0.15) is 10.3 Å². The van der Waals surface area contributed by atoms with Gasteiger partial charge in [-0.15, -0.1) is 0 Å². The molecule has 0 spiro atoms. The fourth-order valence-electron chi connectivity index (χ4n) is 0.744. The van der Waals surface area contributed by atoms with Crippen LogP contribution in [-0.2, 0) is 4.79 Å². The van der Waals surface area contributed by atoms with Crippen LogP contribution in [0.5, 0.6) is 0 Å². The van der Waals surface area contributed by atoms with E-state index in [0.717, 1.165) is 12.1 Å². The van der Waals surface area contributed by atoms with E-state index in [4.69, 9.17) is 5.26 Å². The van der Waals surface area contributed by atoms with Crippen molar-refractivity contribution in [3.8, 4) is 6.07 Å². The lowest BCUT2D eigenvalue weighted by Crippen LogP contribution is -1.78. The van der Waals surface area contributed by atoms with E-state index in [0.29, 0.717) is 0 Å². The first-order valence-electron chi connectivity index (χ1n) is 3.05. The van der Waals surface area contributed by atoms with Crippen molar-refractivity contribution in [1.29, 1.82) is 5.26 Å². The Morgan fingerprint density at radius 1 is 1.50 bits per heavy atom. The predicted octanol–water partition coefficient (Wildman–Crippen LogP) is 1.66. The van der Waals surface area contributed by atoms with Gasteiger partial charge in [0.05, 0.1) is 11.3 Å². The Morgan fingerprint density at radius 2 is 2.25 bits per heavy atom.